The number of benzene rings is 2. The number of carboxylic acid groups (broad SMARTS) is 1. The van der Waals surface area contributed by atoms with E-state index < -0.39 is 5.97 Å². The highest BCUT2D eigenvalue weighted by molar-refractivity contribution is 5.98. The monoisotopic (exact) mass is 545 g/mol. The number of likely N-dealkylation sites (tertiary alicyclic amines) is 1. The lowest BCUT2D eigenvalue weighted by Gasteiger charge is -2.29. The topological polar surface area (TPSA) is 84.2 Å². The molecule has 1 aliphatic carbocycles. The maximum absolute atomic E-state index is 13.4. The van der Waals surface area contributed by atoms with Crippen LogP contribution in [-0.2, 0) is 11.3 Å². The summed E-state index contributed by atoms with van der Waals surface area (Å²) >= 11 is 0. The molecule has 0 radical (unpaired) electrons. The number of nitrogens with zero attached hydrogens (tertiary/aromatic N) is 3. The van der Waals surface area contributed by atoms with Crippen LogP contribution in [-0.4, -0.2) is 72.4 Å². The number of carbonyl (C=O) groups is 2. The molecule has 6 rings (SSSR count). The third-order valence-electron chi connectivity index (χ3n) is 9.14. The molecule has 2 fully saturated rings. The second-order valence-electron chi connectivity index (χ2n) is 11.8. The largest absolute Gasteiger partial charge is 0.497 e. The van der Waals surface area contributed by atoms with Crippen molar-refractivity contribution in [2.24, 2.45) is 5.92 Å². The highest BCUT2D eigenvalue weighted by Crippen LogP contribution is 2.52. The second kappa shape index (κ2) is 10.8. The lowest BCUT2D eigenvalue weighted by molar-refractivity contribution is 0.0696. The van der Waals surface area contributed by atoms with Crippen molar-refractivity contribution in [1.29, 1.82) is 0 Å². The van der Waals surface area contributed by atoms with Crippen molar-refractivity contribution in [1.82, 2.24) is 14.4 Å². The molecular weight excluding hydrogens is 506 g/mol. The Morgan fingerprint density at radius 1 is 1.05 bits per heavy atom. The van der Waals surface area contributed by atoms with Crippen LogP contribution in [0.25, 0.3) is 22.2 Å². The maximum Gasteiger partial charge on any atom is 0.410 e. The first-order chi connectivity index (χ1) is 19.4. The zero-order valence-corrected chi connectivity index (χ0v) is 23.7. The van der Waals surface area contributed by atoms with E-state index in [-0.39, 0.29) is 18.1 Å². The Balaban J connectivity index is 1.53. The standard InChI is InChI=1S/C32H39N3O5/c1-33(2)15-16-40-32(38)34-14-13-22-19-35-27-17-21(31(36)37)9-11-25(27)28(20-7-5-4-6-8-20)30(35)24-12-10-23(39-3)18-26(24)29(22)34/h9-12,17-18,20,22,29H,4-8,13-16,19H2,1-3H3,(H,36,37)/t22-,29+/m0/s1. The van der Waals surface area contributed by atoms with Crippen molar-refractivity contribution in [3.8, 4) is 17.0 Å². The predicted octanol–water partition coefficient (Wildman–Crippen LogP) is 6.14. The third-order valence-corrected chi connectivity index (χ3v) is 9.14. The lowest BCUT2D eigenvalue weighted by Crippen LogP contribution is -2.34. The van der Waals surface area contributed by atoms with E-state index in [4.69, 9.17) is 9.47 Å². The van der Waals surface area contributed by atoms with E-state index >= 15 is 0 Å². The van der Waals surface area contributed by atoms with Crippen LogP contribution in [0.4, 0.5) is 4.79 Å². The summed E-state index contributed by atoms with van der Waals surface area (Å²) in [6.07, 6.45) is 6.51. The van der Waals surface area contributed by atoms with Crippen LogP contribution in [0.3, 0.4) is 0 Å². The molecule has 8 nitrogen and oxygen atoms in total. The van der Waals surface area contributed by atoms with Gasteiger partial charge in [0, 0.05) is 42.0 Å². The summed E-state index contributed by atoms with van der Waals surface area (Å²) in [5.74, 6) is 0.433. The molecule has 0 unspecified atom stereocenters. The van der Waals surface area contributed by atoms with E-state index in [0.717, 1.165) is 47.0 Å². The Bertz CT molecular complexity index is 1440. The molecule has 2 aliphatic heterocycles. The van der Waals surface area contributed by atoms with E-state index in [1.807, 2.05) is 42.1 Å². The summed E-state index contributed by atoms with van der Waals surface area (Å²) in [7, 11) is 5.60. The third kappa shape index (κ3) is 4.62. The number of ether oxygens (including phenoxy) is 2. The van der Waals surface area contributed by atoms with Crippen molar-refractivity contribution >= 4 is 23.0 Å². The number of carboxylic acids is 1. The van der Waals surface area contributed by atoms with Crippen molar-refractivity contribution in [3.63, 3.8) is 0 Å². The smallest absolute Gasteiger partial charge is 0.410 e. The van der Waals surface area contributed by atoms with Gasteiger partial charge in [-0.15, -0.1) is 0 Å². The summed E-state index contributed by atoms with van der Waals surface area (Å²) < 4.78 is 13.8. The van der Waals surface area contributed by atoms with Gasteiger partial charge in [-0.3, -0.25) is 0 Å². The van der Waals surface area contributed by atoms with Crippen molar-refractivity contribution < 1.29 is 24.2 Å². The molecule has 2 aromatic carbocycles. The zero-order valence-electron chi connectivity index (χ0n) is 23.7. The molecule has 212 valence electrons. The molecule has 8 heteroatoms. The molecule has 2 atom stereocenters. The van der Waals surface area contributed by atoms with E-state index in [2.05, 4.69) is 16.7 Å². The number of aromatic carboxylic acids is 1. The average Bonchev–Trinajstić information content (AvgIpc) is 3.48. The van der Waals surface area contributed by atoms with Gasteiger partial charge in [-0.25, -0.2) is 9.59 Å². The Labute approximate surface area is 235 Å². The van der Waals surface area contributed by atoms with Crippen LogP contribution in [0.1, 0.15) is 72.0 Å². The van der Waals surface area contributed by atoms with Crippen molar-refractivity contribution in [2.45, 2.75) is 57.0 Å². The summed E-state index contributed by atoms with van der Waals surface area (Å²) in [5.41, 5.74) is 5.98. The SMILES string of the molecule is COc1ccc2c(c1)[C@H]1[C@@H](CCN1C(=O)OCCN(C)C)Cn1c-2c(C2CCCCC2)c2ccc(C(=O)O)cc21. The van der Waals surface area contributed by atoms with Crippen LogP contribution < -0.4 is 4.74 Å². The first kappa shape index (κ1) is 26.7. The first-order valence-corrected chi connectivity index (χ1v) is 14.5. The van der Waals surface area contributed by atoms with Gasteiger partial charge in [0.15, 0.2) is 0 Å². The van der Waals surface area contributed by atoms with Gasteiger partial charge in [0.25, 0.3) is 0 Å². The number of likely N-dealkylation sites (N-methyl/N-ethyl adjacent to an activating group) is 1. The second-order valence-corrected chi connectivity index (χ2v) is 11.8. The molecule has 3 aromatic rings. The van der Waals surface area contributed by atoms with Gasteiger partial charge in [-0.05, 0) is 80.7 Å². The number of rotatable bonds is 6. The highest BCUT2D eigenvalue weighted by Gasteiger charge is 2.44. The quantitative estimate of drug-likeness (QED) is 0.401. The Hall–Kier alpha value is -3.52. The number of fused-ring (bicyclic) bond motifs is 7. The molecule has 1 amide bonds. The van der Waals surface area contributed by atoms with E-state index in [1.165, 1.54) is 30.5 Å². The number of methoxy groups -OCH3 is 1. The molecule has 0 bridgehead atoms. The number of aromatic nitrogens is 1. The van der Waals surface area contributed by atoms with Crippen LogP contribution in [0, 0.1) is 5.92 Å². The summed E-state index contributed by atoms with van der Waals surface area (Å²) in [6, 6.07) is 11.7. The molecule has 1 aromatic heterocycles. The van der Waals surface area contributed by atoms with Gasteiger partial charge in [0.2, 0.25) is 0 Å². The molecular formula is C32H39N3O5. The summed E-state index contributed by atoms with van der Waals surface area (Å²) in [4.78, 5) is 29.3. The normalized spacial score (nSPS) is 20.6. The average molecular weight is 546 g/mol. The van der Waals surface area contributed by atoms with E-state index in [1.54, 1.807) is 13.2 Å². The molecule has 1 saturated carbocycles. The molecule has 0 spiro atoms. The highest BCUT2D eigenvalue weighted by atomic mass is 16.6. The minimum atomic E-state index is -0.916. The van der Waals surface area contributed by atoms with Gasteiger partial charge >= 0.3 is 12.1 Å². The van der Waals surface area contributed by atoms with Gasteiger partial charge in [-0.1, -0.05) is 25.3 Å². The Kier molecular flexibility index (Phi) is 7.21. The van der Waals surface area contributed by atoms with Gasteiger partial charge in [0.1, 0.15) is 12.4 Å². The fraction of sp³-hybridized carbons (Fsp3) is 0.500. The molecule has 3 heterocycles. The minimum absolute atomic E-state index is 0.145. The van der Waals surface area contributed by atoms with E-state index in [0.29, 0.717) is 37.7 Å². The van der Waals surface area contributed by atoms with Crippen molar-refractivity contribution in [3.05, 3.63) is 53.1 Å². The minimum Gasteiger partial charge on any atom is -0.497 e. The van der Waals surface area contributed by atoms with Gasteiger partial charge in [0.05, 0.1) is 24.4 Å². The van der Waals surface area contributed by atoms with Crippen LogP contribution >= 0.6 is 0 Å². The van der Waals surface area contributed by atoms with E-state index in [9.17, 15) is 14.7 Å². The van der Waals surface area contributed by atoms with Gasteiger partial charge < -0.3 is 28.9 Å². The molecule has 3 aliphatic rings. The number of carbonyl (C=O) groups excluding carboxylic acids is 1. The van der Waals surface area contributed by atoms with Gasteiger partial charge in [-0.2, -0.15) is 0 Å². The summed E-state index contributed by atoms with van der Waals surface area (Å²) in [6.45, 7) is 2.35. The molecule has 1 saturated heterocycles. The first-order valence-electron chi connectivity index (χ1n) is 14.5. The predicted molar refractivity (Wildman–Crippen MR) is 154 cm³/mol. The Morgan fingerprint density at radius 3 is 2.58 bits per heavy atom. The van der Waals surface area contributed by atoms with Crippen LogP contribution in [0.2, 0.25) is 0 Å². The van der Waals surface area contributed by atoms with Crippen LogP contribution in [0.15, 0.2) is 36.4 Å². The summed E-state index contributed by atoms with van der Waals surface area (Å²) in [5, 5.41) is 11.0. The van der Waals surface area contributed by atoms with Crippen LogP contribution in [0.5, 0.6) is 5.75 Å². The van der Waals surface area contributed by atoms with Crippen molar-refractivity contribution in [2.75, 3.05) is 40.9 Å². The number of hydrogen-bond acceptors (Lipinski definition) is 5. The number of amides is 1. The molecule has 1 N–H and O–H groups in total. The maximum atomic E-state index is 13.4. The Morgan fingerprint density at radius 2 is 1.85 bits per heavy atom. The molecule has 40 heavy (non-hydrogen) atoms. The fourth-order valence-corrected chi connectivity index (χ4v) is 7.23. The lowest BCUT2D eigenvalue weighted by atomic mass is 9.81. The zero-order chi connectivity index (χ0) is 28.0. The fourth-order valence-electron chi connectivity index (χ4n) is 7.23. The number of hydrogen-bond donors (Lipinski definition) is 1.